The third-order valence-corrected chi connectivity index (χ3v) is 5.08. The number of rotatable bonds is 4. The molecule has 3 N–H and O–H groups in total. The fourth-order valence-electron chi connectivity index (χ4n) is 3.71. The Balaban J connectivity index is 1.68. The van der Waals surface area contributed by atoms with Crippen LogP contribution in [0.2, 0.25) is 0 Å². The average Bonchev–Trinajstić information content (AvgIpc) is 2.95. The highest BCUT2D eigenvalue weighted by Crippen LogP contribution is 2.31. The van der Waals surface area contributed by atoms with Gasteiger partial charge >= 0.3 is 0 Å². The van der Waals surface area contributed by atoms with Gasteiger partial charge in [-0.25, -0.2) is 0 Å². The first-order chi connectivity index (χ1) is 10.2. The van der Waals surface area contributed by atoms with E-state index in [1.807, 2.05) is 6.07 Å². The van der Waals surface area contributed by atoms with Crippen molar-refractivity contribution in [1.82, 2.24) is 5.32 Å². The van der Waals surface area contributed by atoms with Crippen molar-refractivity contribution in [2.45, 2.75) is 57.4 Å². The van der Waals surface area contributed by atoms with E-state index in [1.54, 1.807) is 0 Å². The molecule has 1 unspecified atom stereocenters. The Morgan fingerprint density at radius 1 is 1.24 bits per heavy atom. The fraction of sp³-hybridized carbons (Fsp3) is 0.611. The zero-order chi connectivity index (χ0) is 14.7. The number of fused-ring (bicyclic) bond motifs is 1. The van der Waals surface area contributed by atoms with Crippen molar-refractivity contribution in [2.24, 2.45) is 11.7 Å². The Labute approximate surface area is 127 Å². The lowest BCUT2D eigenvalue weighted by Gasteiger charge is -2.16. The molecule has 3 nitrogen and oxygen atoms in total. The van der Waals surface area contributed by atoms with Gasteiger partial charge in [0.2, 0.25) is 0 Å². The van der Waals surface area contributed by atoms with Gasteiger partial charge in [0.1, 0.15) is 0 Å². The molecule has 1 aliphatic carbocycles. The summed E-state index contributed by atoms with van der Waals surface area (Å²) in [5, 5.41) is 2.96. The second-order valence-electron chi connectivity index (χ2n) is 6.61. The molecule has 1 fully saturated rings. The Morgan fingerprint density at radius 3 is 2.86 bits per heavy atom. The van der Waals surface area contributed by atoms with Crippen LogP contribution in [0.15, 0.2) is 18.2 Å². The van der Waals surface area contributed by atoms with Crippen LogP contribution in [-0.2, 0) is 6.42 Å². The molecule has 1 amide bonds. The third-order valence-electron chi connectivity index (χ3n) is 5.08. The van der Waals surface area contributed by atoms with Crippen LogP contribution in [0.3, 0.4) is 0 Å². The molecule has 3 heteroatoms. The highest BCUT2D eigenvalue weighted by molar-refractivity contribution is 5.96. The average molecular weight is 286 g/mol. The quantitative estimate of drug-likeness (QED) is 0.892. The van der Waals surface area contributed by atoms with Crippen molar-refractivity contribution < 1.29 is 4.79 Å². The summed E-state index contributed by atoms with van der Waals surface area (Å²) in [6.45, 7) is 0.774. The molecule has 1 aliphatic heterocycles. The van der Waals surface area contributed by atoms with E-state index in [1.165, 1.54) is 32.1 Å². The first-order valence-corrected chi connectivity index (χ1v) is 8.40. The van der Waals surface area contributed by atoms with Gasteiger partial charge in [-0.2, -0.15) is 0 Å². The summed E-state index contributed by atoms with van der Waals surface area (Å²) in [6.07, 6.45) is 9.78. The standard InChI is InChI=1S/C18H26N2O/c19-17(10-7-13-4-1-2-5-13)15-9-8-14-6-3-11-20-18(21)16(14)12-15/h8-9,12-13,17H,1-7,10-11,19H2,(H,20,21). The van der Waals surface area contributed by atoms with Gasteiger partial charge < -0.3 is 11.1 Å². The Hall–Kier alpha value is -1.35. The van der Waals surface area contributed by atoms with E-state index in [0.29, 0.717) is 0 Å². The minimum Gasteiger partial charge on any atom is -0.352 e. The largest absolute Gasteiger partial charge is 0.352 e. The first-order valence-electron chi connectivity index (χ1n) is 8.40. The summed E-state index contributed by atoms with van der Waals surface area (Å²) in [7, 11) is 0. The van der Waals surface area contributed by atoms with Crippen LogP contribution in [-0.4, -0.2) is 12.5 Å². The summed E-state index contributed by atoms with van der Waals surface area (Å²) < 4.78 is 0. The molecular weight excluding hydrogens is 260 g/mol. The third kappa shape index (κ3) is 3.46. The molecule has 3 rings (SSSR count). The number of carbonyl (C=O) groups is 1. The van der Waals surface area contributed by atoms with Gasteiger partial charge in [0.15, 0.2) is 0 Å². The molecule has 0 saturated heterocycles. The summed E-state index contributed by atoms with van der Waals surface area (Å²) >= 11 is 0. The number of aryl methyl sites for hydroxylation is 1. The van der Waals surface area contributed by atoms with Crippen molar-refractivity contribution in [3.05, 3.63) is 34.9 Å². The highest BCUT2D eigenvalue weighted by Gasteiger charge is 2.19. The second kappa shape index (κ2) is 6.61. The predicted molar refractivity (Wildman–Crippen MR) is 85.2 cm³/mol. The zero-order valence-corrected chi connectivity index (χ0v) is 12.7. The van der Waals surface area contributed by atoms with Crippen molar-refractivity contribution in [3.8, 4) is 0 Å². The van der Waals surface area contributed by atoms with Crippen molar-refractivity contribution in [2.75, 3.05) is 6.54 Å². The molecule has 114 valence electrons. The van der Waals surface area contributed by atoms with Crippen LogP contribution in [0.5, 0.6) is 0 Å². The van der Waals surface area contributed by atoms with Crippen LogP contribution >= 0.6 is 0 Å². The summed E-state index contributed by atoms with van der Waals surface area (Å²) in [5.74, 6) is 0.938. The normalized spacial score (nSPS) is 20.7. The van der Waals surface area contributed by atoms with Crippen LogP contribution in [0, 0.1) is 5.92 Å². The number of nitrogens with two attached hydrogens (primary N) is 1. The molecule has 1 heterocycles. The maximum Gasteiger partial charge on any atom is 0.251 e. The van der Waals surface area contributed by atoms with E-state index in [0.717, 1.165) is 48.4 Å². The number of benzene rings is 1. The second-order valence-corrected chi connectivity index (χ2v) is 6.61. The number of carbonyl (C=O) groups excluding carboxylic acids is 1. The lowest BCUT2D eigenvalue weighted by atomic mass is 9.92. The fourth-order valence-corrected chi connectivity index (χ4v) is 3.71. The molecule has 0 radical (unpaired) electrons. The number of hydrogen-bond donors (Lipinski definition) is 2. The van der Waals surface area contributed by atoms with Gasteiger partial charge in [0.05, 0.1) is 0 Å². The molecule has 1 aromatic carbocycles. The zero-order valence-electron chi connectivity index (χ0n) is 12.7. The molecule has 1 atom stereocenters. The maximum absolute atomic E-state index is 12.1. The number of amides is 1. The van der Waals surface area contributed by atoms with Crippen LogP contribution < -0.4 is 11.1 Å². The van der Waals surface area contributed by atoms with E-state index >= 15 is 0 Å². The van der Waals surface area contributed by atoms with Gasteiger partial charge in [0, 0.05) is 18.2 Å². The lowest BCUT2D eigenvalue weighted by molar-refractivity contribution is 0.0956. The van der Waals surface area contributed by atoms with Gasteiger partial charge in [-0.15, -0.1) is 0 Å². The summed E-state index contributed by atoms with van der Waals surface area (Å²) in [5.41, 5.74) is 9.47. The van der Waals surface area contributed by atoms with Crippen molar-refractivity contribution in [3.63, 3.8) is 0 Å². The predicted octanol–water partition coefficient (Wildman–Crippen LogP) is 3.33. The maximum atomic E-state index is 12.1. The minimum atomic E-state index is 0.0620. The molecule has 1 saturated carbocycles. The number of hydrogen-bond acceptors (Lipinski definition) is 2. The molecule has 2 aliphatic rings. The molecule has 1 aromatic rings. The van der Waals surface area contributed by atoms with E-state index < -0.39 is 0 Å². The smallest absolute Gasteiger partial charge is 0.251 e. The SMILES string of the molecule is NC(CCC1CCCC1)c1ccc2c(c1)C(=O)NCCC2. The number of nitrogens with one attached hydrogen (secondary N) is 1. The monoisotopic (exact) mass is 286 g/mol. The van der Waals surface area contributed by atoms with Crippen LogP contribution in [0.4, 0.5) is 0 Å². The van der Waals surface area contributed by atoms with Crippen molar-refractivity contribution in [1.29, 1.82) is 0 Å². The van der Waals surface area contributed by atoms with E-state index in [2.05, 4.69) is 17.4 Å². The van der Waals surface area contributed by atoms with E-state index in [-0.39, 0.29) is 11.9 Å². The van der Waals surface area contributed by atoms with Gasteiger partial charge in [-0.1, -0.05) is 37.8 Å². The van der Waals surface area contributed by atoms with E-state index in [4.69, 9.17) is 5.73 Å². The lowest BCUT2D eigenvalue weighted by Crippen LogP contribution is -2.23. The summed E-state index contributed by atoms with van der Waals surface area (Å²) in [4.78, 5) is 12.1. The molecule has 0 bridgehead atoms. The topological polar surface area (TPSA) is 55.1 Å². The summed E-state index contributed by atoms with van der Waals surface area (Å²) in [6, 6.07) is 6.31. The highest BCUT2D eigenvalue weighted by atomic mass is 16.1. The van der Waals surface area contributed by atoms with E-state index in [9.17, 15) is 4.79 Å². The van der Waals surface area contributed by atoms with Gasteiger partial charge in [0.25, 0.3) is 5.91 Å². The Morgan fingerprint density at radius 2 is 2.05 bits per heavy atom. The minimum absolute atomic E-state index is 0.0620. The molecular formula is C18H26N2O. The van der Waals surface area contributed by atoms with Crippen LogP contribution in [0.1, 0.15) is 72.5 Å². The Kier molecular flexibility index (Phi) is 4.59. The molecule has 21 heavy (non-hydrogen) atoms. The van der Waals surface area contributed by atoms with Gasteiger partial charge in [-0.3, -0.25) is 4.79 Å². The van der Waals surface area contributed by atoms with Crippen LogP contribution in [0.25, 0.3) is 0 Å². The molecule has 0 spiro atoms. The van der Waals surface area contributed by atoms with Gasteiger partial charge in [-0.05, 0) is 48.8 Å². The Bertz CT molecular complexity index is 506. The van der Waals surface area contributed by atoms with Crippen molar-refractivity contribution >= 4 is 5.91 Å². The first kappa shape index (κ1) is 14.6. The molecule has 0 aromatic heterocycles.